The summed E-state index contributed by atoms with van der Waals surface area (Å²) in [6, 6.07) is 9.39. The predicted octanol–water partition coefficient (Wildman–Crippen LogP) is 3.37. The zero-order chi connectivity index (χ0) is 28.7. The van der Waals surface area contributed by atoms with Gasteiger partial charge in [0.05, 0.1) is 23.3 Å². The van der Waals surface area contributed by atoms with Crippen molar-refractivity contribution in [3.05, 3.63) is 67.8 Å². The molecule has 9 nitrogen and oxygen atoms in total. The van der Waals surface area contributed by atoms with Crippen molar-refractivity contribution >= 4 is 52.3 Å². The molecule has 3 unspecified atom stereocenters. The third kappa shape index (κ3) is 7.71. The van der Waals surface area contributed by atoms with Crippen LogP contribution in [-0.4, -0.2) is 71.7 Å². The highest BCUT2D eigenvalue weighted by Gasteiger charge is 2.41. The summed E-state index contributed by atoms with van der Waals surface area (Å²) in [6.07, 6.45) is 0.0479. The maximum Gasteiger partial charge on any atom is 0.247 e. The molecule has 2 aromatic rings. The summed E-state index contributed by atoms with van der Waals surface area (Å²) in [4.78, 5) is 39.3. The van der Waals surface area contributed by atoms with Crippen LogP contribution in [0.3, 0.4) is 0 Å². The molecular weight excluding hydrogens is 639 g/mol. The number of nitrogens with one attached hydrogen (secondary N) is 1. The van der Waals surface area contributed by atoms with Crippen molar-refractivity contribution in [3.63, 3.8) is 0 Å². The van der Waals surface area contributed by atoms with Gasteiger partial charge in [-0.05, 0) is 58.5 Å². The molecule has 0 fully saturated rings. The number of rotatable bonds is 11. The first kappa shape index (κ1) is 30.9. The average molecular weight is 671 g/mol. The van der Waals surface area contributed by atoms with Crippen LogP contribution >= 0.6 is 34.2 Å². The molecule has 39 heavy (non-hydrogen) atoms. The number of aldehydes is 1. The second-order valence-corrected chi connectivity index (χ2v) is 11.0. The van der Waals surface area contributed by atoms with E-state index in [4.69, 9.17) is 21.1 Å². The molecule has 0 aliphatic heterocycles. The van der Waals surface area contributed by atoms with Crippen molar-refractivity contribution in [2.24, 2.45) is 5.92 Å². The molecule has 0 saturated heterocycles. The monoisotopic (exact) mass is 670 g/mol. The summed E-state index contributed by atoms with van der Waals surface area (Å²) in [7, 11) is 1.44. The van der Waals surface area contributed by atoms with Gasteiger partial charge in [0.25, 0.3) is 0 Å². The predicted molar refractivity (Wildman–Crippen MR) is 155 cm³/mol. The Bertz CT molecular complexity index is 1220. The van der Waals surface area contributed by atoms with Gasteiger partial charge >= 0.3 is 0 Å². The molecule has 3 N–H and O–H groups in total. The number of aliphatic hydroxyl groups is 2. The van der Waals surface area contributed by atoms with Crippen LogP contribution < -0.4 is 14.8 Å². The average Bonchev–Trinajstić information content (AvgIpc) is 2.92. The van der Waals surface area contributed by atoms with Crippen LogP contribution in [0.5, 0.6) is 11.5 Å². The number of aliphatic hydroxyl groups excluding tert-OH is 2. The van der Waals surface area contributed by atoms with Gasteiger partial charge in [0, 0.05) is 41.6 Å². The Labute approximate surface area is 246 Å². The number of benzene rings is 2. The van der Waals surface area contributed by atoms with E-state index in [2.05, 4.69) is 5.32 Å². The summed E-state index contributed by atoms with van der Waals surface area (Å²) in [6.45, 7) is 3.54. The number of hydrogen-bond acceptors (Lipinski definition) is 7. The molecule has 0 spiro atoms. The smallest absolute Gasteiger partial charge is 0.247 e. The number of methoxy groups -OCH3 is 1. The highest BCUT2D eigenvalue weighted by molar-refractivity contribution is 14.1. The number of carbonyl (C=O) groups is 3. The van der Waals surface area contributed by atoms with Crippen LogP contribution in [-0.2, 0) is 16.1 Å². The van der Waals surface area contributed by atoms with Crippen molar-refractivity contribution < 1.29 is 34.1 Å². The molecule has 2 amide bonds. The van der Waals surface area contributed by atoms with Crippen LogP contribution in [0.25, 0.3) is 0 Å². The number of amides is 2. The largest absolute Gasteiger partial charge is 0.493 e. The molecule has 11 heteroatoms. The topological polar surface area (TPSA) is 125 Å². The van der Waals surface area contributed by atoms with Crippen LogP contribution in [0.15, 0.2) is 48.0 Å². The fraction of sp³-hybridized carbons (Fsp3) is 0.393. The maximum absolute atomic E-state index is 13.4. The van der Waals surface area contributed by atoms with E-state index in [9.17, 15) is 24.6 Å². The standard InChI is InChI=1S/C28H32ClIN2O7/c1-16(2)28(37)32(14-17-4-6-20(29)7-5-17)22-12-19(27(36)31-8-9-33)13-23(25(22)35)39-26-21(30)10-18(15-34)11-24(26)38-3/h4-7,10-11,13,15-16,22-23,25,33,35H,8-9,12,14H2,1-3H3,(H,31,36). The van der Waals surface area contributed by atoms with Crippen LogP contribution in [0.4, 0.5) is 0 Å². The second-order valence-electron chi connectivity index (χ2n) is 9.42. The highest BCUT2D eigenvalue weighted by Crippen LogP contribution is 2.37. The van der Waals surface area contributed by atoms with Gasteiger partial charge in [-0.3, -0.25) is 14.4 Å². The Morgan fingerprint density at radius 1 is 1.26 bits per heavy atom. The molecule has 0 radical (unpaired) electrons. The zero-order valence-electron chi connectivity index (χ0n) is 21.9. The van der Waals surface area contributed by atoms with Gasteiger partial charge in [0.15, 0.2) is 11.5 Å². The third-order valence-electron chi connectivity index (χ3n) is 6.30. The minimum Gasteiger partial charge on any atom is -0.493 e. The molecule has 2 aromatic carbocycles. The second kappa shape index (κ2) is 14.1. The molecule has 1 aliphatic carbocycles. The van der Waals surface area contributed by atoms with Gasteiger partial charge in [0.2, 0.25) is 11.8 Å². The molecule has 0 heterocycles. The van der Waals surface area contributed by atoms with E-state index in [1.54, 1.807) is 49.1 Å². The SMILES string of the molecule is COc1cc(C=O)cc(I)c1OC1C=C(C(=O)NCCO)CC(N(Cc2ccc(Cl)cc2)C(=O)C(C)C)C1O. The third-order valence-corrected chi connectivity index (χ3v) is 7.35. The summed E-state index contributed by atoms with van der Waals surface area (Å²) in [5.41, 5.74) is 1.50. The Morgan fingerprint density at radius 3 is 2.54 bits per heavy atom. The van der Waals surface area contributed by atoms with Gasteiger partial charge < -0.3 is 29.9 Å². The molecule has 3 rings (SSSR count). The fourth-order valence-electron chi connectivity index (χ4n) is 4.31. The van der Waals surface area contributed by atoms with Crippen molar-refractivity contribution in [2.75, 3.05) is 20.3 Å². The molecule has 3 atom stereocenters. The van der Waals surface area contributed by atoms with E-state index in [-0.39, 0.29) is 43.7 Å². The molecule has 210 valence electrons. The number of nitrogens with zero attached hydrogens (tertiary/aromatic N) is 1. The number of carbonyl (C=O) groups excluding carboxylic acids is 3. The van der Waals surface area contributed by atoms with Crippen molar-refractivity contribution in [2.45, 2.75) is 45.1 Å². The first-order chi connectivity index (χ1) is 18.6. The van der Waals surface area contributed by atoms with Crippen LogP contribution in [0.2, 0.25) is 5.02 Å². The number of halogens is 2. The quantitative estimate of drug-likeness (QED) is 0.247. The molecular formula is C28H32ClIN2O7. The van der Waals surface area contributed by atoms with E-state index in [0.717, 1.165) is 5.56 Å². The van der Waals surface area contributed by atoms with Gasteiger partial charge in [-0.1, -0.05) is 37.6 Å². The van der Waals surface area contributed by atoms with E-state index in [1.165, 1.54) is 19.3 Å². The van der Waals surface area contributed by atoms with E-state index >= 15 is 0 Å². The lowest BCUT2D eigenvalue weighted by molar-refractivity contribution is -0.142. The Hall–Kier alpha value is -2.67. The van der Waals surface area contributed by atoms with E-state index in [1.807, 2.05) is 22.6 Å². The normalized spacial score (nSPS) is 18.8. The summed E-state index contributed by atoms with van der Waals surface area (Å²) in [5, 5.41) is 24.0. The Morgan fingerprint density at radius 2 is 1.95 bits per heavy atom. The summed E-state index contributed by atoms with van der Waals surface area (Å²) < 4.78 is 12.2. The Balaban J connectivity index is 2.04. The van der Waals surface area contributed by atoms with Crippen molar-refractivity contribution in [1.82, 2.24) is 10.2 Å². The highest BCUT2D eigenvalue weighted by atomic mass is 127. The number of ether oxygens (including phenoxy) is 2. The van der Waals surface area contributed by atoms with Crippen LogP contribution in [0, 0.1) is 9.49 Å². The lowest BCUT2D eigenvalue weighted by atomic mass is 9.87. The molecule has 0 aromatic heterocycles. The number of hydrogen-bond donors (Lipinski definition) is 3. The van der Waals surface area contributed by atoms with Gasteiger partial charge in [-0.25, -0.2) is 0 Å². The fourth-order valence-corrected chi connectivity index (χ4v) is 5.19. The minimum atomic E-state index is -1.21. The van der Waals surface area contributed by atoms with Crippen LogP contribution in [0.1, 0.15) is 36.2 Å². The van der Waals surface area contributed by atoms with Gasteiger partial charge in [-0.15, -0.1) is 0 Å². The molecule has 0 saturated carbocycles. The lowest BCUT2D eigenvalue weighted by Crippen LogP contribution is -2.55. The van der Waals surface area contributed by atoms with Crippen molar-refractivity contribution in [1.29, 1.82) is 0 Å². The van der Waals surface area contributed by atoms with Gasteiger partial charge in [0.1, 0.15) is 18.5 Å². The van der Waals surface area contributed by atoms with Gasteiger partial charge in [-0.2, -0.15) is 0 Å². The van der Waals surface area contributed by atoms with E-state index < -0.39 is 24.2 Å². The Kier molecular flexibility index (Phi) is 11.2. The maximum atomic E-state index is 13.4. The summed E-state index contributed by atoms with van der Waals surface area (Å²) in [5.74, 6) is -0.435. The van der Waals surface area contributed by atoms with E-state index in [0.29, 0.717) is 31.8 Å². The zero-order valence-corrected chi connectivity index (χ0v) is 24.8. The first-order valence-corrected chi connectivity index (χ1v) is 13.9. The summed E-state index contributed by atoms with van der Waals surface area (Å²) >= 11 is 8.05. The minimum absolute atomic E-state index is 0.0488. The molecule has 0 bridgehead atoms. The lowest BCUT2D eigenvalue weighted by Gasteiger charge is -2.41. The van der Waals surface area contributed by atoms with Crippen molar-refractivity contribution in [3.8, 4) is 11.5 Å². The first-order valence-electron chi connectivity index (χ1n) is 12.4. The molecule has 1 aliphatic rings.